The van der Waals surface area contributed by atoms with Crippen LogP contribution in [0.2, 0.25) is 0 Å². The van der Waals surface area contributed by atoms with E-state index in [0.29, 0.717) is 31.6 Å². The highest BCUT2D eigenvalue weighted by Gasteiger charge is 2.16. The number of aromatic nitrogens is 1. The molecular formula is C20H38IN5O3. The Bertz CT molecular complexity index is 598. The predicted octanol–water partition coefficient (Wildman–Crippen LogP) is 3.63. The molecule has 0 saturated carbocycles. The summed E-state index contributed by atoms with van der Waals surface area (Å²) in [5.41, 5.74) is 2.02. The summed E-state index contributed by atoms with van der Waals surface area (Å²) in [6, 6.07) is -0.0455. The Balaban J connectivity index is 0.00000784. The lowest BCUT2D eigenvalue weighted by Crippen LogP contribution is -2.47. The highest BCUT2D eigenvalue weighted by Crippen LogP contribution is 2.16. The Hall–Kier alpha value is -1.52. The zero-order valence-corrected chi connectivity index (χ0v) is 21.0. The largest absolute Gasteiger partial charge is 0.450 e. The summed E-state index contributed by atoms with van der Waals surface area (Å²) in [5.74, 6) is 2.04. The van der Waals surface area contributed by atoms with Crippen molar-refractivity contribution in [3.63, 3.8) is 0 Å². The summed E-state index contributed by atoms with van der Waals surface area (Å²) < 4.78 is 10.4. The van der Waals surface area contributed by atoms with Crippen LogP contribution >= 0.6 is 24.0 Å². The van der Waals surface area contributed by atoms with Crippen molar-refractivity contribution >= 4 is 36.0 Å². The Morgan fingerprint density at radius 2 is 1.90 bits per heavy atom. The number of carbonyl (C=O) groups is 1. The normalized spacial score (nSPS) is 12.3. The van der Waals surface area contributed by atoms with Gasteiger partial charge in [-0.2, -0.15) is 0 Å². The maximum atomic E-state index is 11.8. The molecule has 0 saturated heterocycles. The average molecular weight is 523 g/mol. The third-order valence-electron chi connectivity index (χ3n) is 4.22. The molecule has 1 atom stereocenters. The number of nitrogens with zero attached hydrogens (tertiary/aromatic N) is 2. The second kappa shape index (κ2) is 15.3. The number of hydrogen-bond donors (Lipinski definition) is 3. The van der Waals surface area contributed by atoms with Crippen molar-refractivity contribution < 1.29 is 14.1 Å². The standard InChI is InChI=1S/C20H37N5O3.HI/c1-7-17-16(18(8-2)28-25-17)13-23-19(21-9-3)22-12-15(11-14(5)6)24-20(26)27-10-4;/h14-15H,7-13H2,1-6H3,(H,24,26)(H2,21,22,23);1H. The van der Waals surface area contributed by atoms with Crippen molar-refractivity contribution in [3.8, 4) is 0 Å². The third kappa shape index (κ3) is 10.2. The molecule has 3 N–H and O–H groups in total. The number of guanidine groups is 1. The van der Waals surface area contributed by atoms with Gasteiger partial charge < -0.3 is 25.2 Å². The van der Waals surface area contributed by atoms with E-state index in [0.717, 1.165) is 42.8 Å². The highest BCUT2D eigenvalue weighted by molar-refractivity contribution is 14.0. The van der Waals surface area contributed by atoms with E-state index in [4.69, 9.17) is 14.3 Å². The summed E-state index contributed by atoms with van der Waals surface area (Å²) in [6.07, 6.45) is 2.07. The van der Waals surface area contributed by atoms with Gasteiger partial charge in [-0.25, -0.2) is 9.79 Å². The van der Waals surface area contributed by atoms with E-state index in [1.54, 1.807) is 6.92 Å². The monoisotopic (exact) mass is 523 g/mol. The molecule has 0 spiro atoms. The molecule has 1 heterocycles. The van der Waals surface area contributed by atoms with E-state index >= 15 is 0 Å². The average Bonchev–Trinajstić information content (AvgIpc) is 3.05. The van der Waals surface area contributed by atoms with E-state index in [-0.39, 0.29) is 36.1 Å². The Morgan fingerprint density at radius 3 is 2.45 bits per heavy atom. The molecule has 1 aromatic heterocycles. The van der Waals surface area contributed by atoms with Gasteiger partial charge >= 0.3 is 6.09 Å². The zero-order chi connectivity index (χ0) is 20.9. The number of ether oxygens (including phenoxy) is 1. The van der Waals surface area contributed by atoms with Gasteiger partial charge in [0.25, 0.3) is 0 Å². The number of aliphatic imine (C=N–C) groups is 1. The van der Waals surface area contributed by atoms with E-state index in [9.17, 15) is 4.79 Å². The van der Waals surface area contributed by atoms with Crippen LogP contribution in [-0.4, -0.2) is 42.9 Å². The van der Waals surface area contributed by atoms with Crippen LogP contribution in [0, 0.1) is 5.92 Å². The smallest absolute Gasteiger partial charge is 0.407 e. The topological polar surface area (TPSA) is 101 Å². The van der Waals surface area contributed by atoms with Crippen LogP contribution in [0.1, 0.15) is 65.0 Å². The van der Waals surface area contributed by atoms with Crippen LogP contribution in [0.5, 0.6) is 0 Å². The Kier molecular flexibility index (Phi) is 14.5. The van der Waals surface area contributed by atoms with Crippen molar-refractivity contribution in [2.24, 2.45) is 10.9 Å². The molecule has 9 heteroatoms. The fraction of sp³-hybridized carbons (Fsp3) is 0.750. The van der Waals surface area contributed by atoms with Crippen LogP contribution in [0.15, 0.2) is 9.52 Å². The fourth-order valence-corrected chi connectivity index (χ4v) is 2.94. The number of rotatable bonds is 11. The van der Waals surface area contributed by atoms with Crippen molar-refractivity contribution in [1.82, 2.24) is 21.1 Å². The summed E-state index contributed by atoms with van der Waals surface area (Å²) in [5, 5.41) is 13.6. The Morgan fingerprint density at radius 1 is 1.17 bits per heavy atom. The van der Waals surface area contributed by atoms with Gasteiger partial charge in [-0.3, -0.25) is 0 Å². The molecule has 0 aliphatic rings. The van der Waals surface area contributed by atoms with Crippen LogP contribution < -0.4 is 16.0 Å². The molecule has 0 bridgehead atoms. The number of carbonyl (C=O) groups excluding carboxylic acids is 1. The molecule has 0 aliphatic carbocycles. The van der Waals surface area contributed by atoms with Gasteiger partial charge in [0.15, 0.2) is 5.96 Å². The molecule has 29 heavy (non-hydrogen) atoms. The zero-order valence-electron chi connectivity index (χ0n) is 18.6. The van der Waals surface area contributed by atoms with Crippen LogP contribution in [0.4, 0.5) is 4.79 Å². The Labute approximate surface area is 192 Å². The minimum absolute atomic E-state index is 0. The molecular weight excluding hydrogens is 485 g/mol. The molecule has 1 amide bonds. The molecule has 1 rings (SSSR count). The first-order valence-electron chi connectivity index (χ1n) is 10.4. The minimum Gasteiger partial charge on any atom is -0.450 e. The highest BCUT2D eigenvalue weighted by atomic mass is 127. The van der Waals surface area contributed by atoms with Crippen LogP contribution in [0.25, 0.3) is 0 Å². The van der Waals surface area contributed by atoms with Gasteiger partial charge in [0.2, 0.25) is 0 Å². The third-order valence-corrected chi connectivity index (χ3v) is 4.22. The van der Waals surface area contributed by atoms with E-state index in [1.807, 2.05) is 13.8 Å². The molecule has 1 aromatic rings. The molecule has 0 radical (unpaired) electrons. The predicted molar refractivity (Wildman–Crippen MR) is 127 cm³/mol. The first kappa shape index (κ1) is 27.5. The van der Waals surface area contributed by atoms with Gasteiger partial charge in [-0.05, 0) is 32.6 Å². The number of hydrogen-bond acceptors (Lipinski definition) is 5. The summed E-state index contributed by atoms with van der Waals surface area (Å²) in [4.78, 5) is 16.5. The SMILES string of the molecule is CCNC(=NCc1c(CC)noc1CC)NCC(CC(C)C)NC(=O)OCC.I. The maximum Gasteiger partial charge on any atom is 0.407 e. The molecule has 0 aromatic carbocycles. The second-order valence-corrected chi connectivity index (χ2v) is 7.01. The quantitative estimate of drug-likeness (QED) is 0.233. The van der Waals surface area contributed by atoms with Gasteiger partial charge in [-0.15, -0.1) is 24.0 Å². The molecule has 1 unspecified atom stereocenters. The van der Waals surface area contributed by atoms with Gasteiger partial charge in [-0.1, -0.05) is 32.9 Å². The lowest BCUT2D eigenvalue weighted by atomic mass is 10.0. The number of aryl methyl sites for hydroxylation is 2. The lowest BCUT2D eigenvalue weighted by molar-refractivity contribution is 0.146. The molecule has 8 nitrogen and oxygen atoms in total. The van der Waals surface area contributed by atoms with Gasteiger partial charge in [0.1, 0.15) is 5.76 Å². The number of amides is 1. The van der Waals surface area contributed by atoms with Crippen molar-refractivity contribution in [2.45, 2.75) is 73.4 Å². The number of halogens is 1. The van der Waals surface area contributed by atoms with E-state index in [1.165, 1.54) is 0 Å². The first-order valence-corrected chi connectivity index (χ1v) is 10.4. The minimum atomic E-state index is -0.387. The van der Waals surface area contributed by atoms with Gasteiger partial charge in [0, 0.05) is 31.1 Å². The maximum absolute atomic E-state index is 11.8. The second-order valence-electron chi connectivity index (χ2n) is 7.01. The van der Waals surface area contributed by atoms with E-state index < -0.39 is 0 Å². The molecule has 0 aliphatic heterocycles. The summed E-state index contributed by atoms with van der Waals surface area (Å²) >= 11 is 0. The lowest BCUT2D eigenvalue weighted by Gasteiger charge is -2.22. The number of nitrogens with one attached hydrogen (secondary N) is 3. The van der Waals surface area contributed by atoms with Crippen LogP contribution in [-0.2, 0) is 24.1 Å². The first-order chi connectivity index (χ1) is 13.4. The van der Waals surface area contributed by atoms with Crippen molar-refractivity contribution in [2.75, 3.05) is 19.7 Å². The number of alkyl carbamates (subject to hydrolysis) is 1. The summed E-state index contributed by atoms with van der Waals surface area (Å²) in [6.45, 7) is 14.4. The molecule has 0 fully saturated rings. The van der Waals surface area contributed by atoms with Crippen molar-refractivity contribution in [1.29, 1.82) is 0 Å². The van der Waals surface area contributed by atoms with E-state index in [2.05, 4.69) is 41.9 Å². The molecule has 168 valence electrons. The van der Waals surface area contributed by atoms with Gasteiger partial charge in [0.05, 0.1) is 18.8 Å². The fourth-order valence-electron chi connectivity index (χ4n) is 2.94. The van der Waals surface area contributed by atoms with Crippen LogP contribution in [0.3, 0.4) is 0 Å². The summed E-state index contributed by atoms with van der Waals surface area (Å²) in [7, 11) is 0. The van der Waals surface area contributed by atoms with Crippen molar-refractivity contribution in [3.05, 3.63) is 17.0 Å².